The molecule has 0 N–H and O–H groups in total. The molecule has 2 atom stereocenters. The van der Waals surface area contributed by atoms with Gasteiger partial charge in [0.1, 0.15) is 22.6 Å². The van der Waals surface area contributed by atoms with Crippen LogP contribution < -0.4 is 9.47 Å². The molecule has 1 aromatic carbocycles. The fourth-order valence-corrected chi connectivity index (χ4v) is 5.02. The van der Waals surface area contributed by atoms with Crippen LogP contribution in [0.4, 0.5) is 0 Å². The monoisotopic (exact) mass is 415 g/mol. The smallest absolute Gasteiger partial charge is 0.224 e. The van der Waals surface area contributed by atoms with E-state index in [0.29, 0.717) is 6.42 Å². The maximum Gasteiger partial charge on any atom is 0.224 e. The molecule has 1 fully saturated rings. The van der Waals surface area contributed by atoms with Crippen LogP contribution in [-0.4, -0.2) is 53.5 Å². The van der Waals surface area contributed by atoms with Crippen molar-refractivity contribution in [3.8, 4) is 11.5 Å². The van der Waals surface area contributed by atoms with Gasteiger partial charge < -0.3 is 14.4 Å². The zero-order valence-electron chi connectivity index (χ0n) is 17.2. The van der Waals surface area contributed by atoms with Gasteiger partial charge in [-0.2, -0.15) is 0 Å². The number of methoxy groups -OCH3 is 1. The highest BCUT2D eigenvalue weighted by Crippen LogP contribution is 2.34. The quantitative estimate of drug-likeness (QED) is 0.717. The molecule has 0 radical (unpaired) electrons. The molecular formula is C22H29N3O3S. The molecule has 29 heavy (non-hydrogen) atoms. The summed E-state index contributed by atoms with van der Waals surface area (Å²) < 4.78 is 11.6. The number of carbonyl (C=O) groups is 1. The molecule has 1 saturated heterocycles. The Morgan fingerprint density at radius 2 is 2.31 bits per heavy atom. The van der Waals surface area contributed by atoms with Crippen LogP contribution in [0.2, 0.25) is 0 Å². The molecule has 7 heteroatoms. The molecule has 2 aliphatic rings. The maximum atomic E-state index is 13.0. The SMILES string of the molecule is CC[C@H]1CN(CCC(=O)N2CCC[C@@H]2c2nccs2)Cc2cc(OC)ccc2O1. The van der Waals surface area contributed by atoms with E-state index in [0.717, 1.165) is 67.5 Å². The number of amides is 1. The van der Waals surface area contributed by atoms with Gasteiger partial charge in [-0.05, 0) is 37.5 Å². The molecule has 0 bridgehead atoms. The highest BCUT2D eigenvalue weighted by molar-refractivity contribution is 7.09. The number of thiazole rings is 1. The van der Waals surface area contributed by atoms with Crippen molar-refractivity contribution in [2.75, 3.05) is 26.7 Å². The number of fused-ring (bicyclic) bond motifs is 1. The Balaban J connectivity index is 1.42. The molecule has 0 spiro atoms. The van der Waals surface area contributed by atoms with Gasteiger partial charge >= 0.3 is 0 Å². The van der Waals surface area contributed by atoms with Crippen LogP contribution in [0, 0.1) is 0 Å². The van der Waals surface area contributed by atoms with Crippen molar-refractivity contribution in [2.45, 2.75) is 51.3 Å². The fourth-order valence-electron chi connectivity index (χ4n) is 4.23. The summed E-state index contributed by atoms with van der Waals surface area (Å²) in [5, 5.41) is 3.05. The van der Waals surface area contributed by atoms with Crippen molar-refractivity contribution in [3.63, 3.8) is 0 Å². The van der Waals surface area contributed by atoms with Crippen molar-refractivity contribution < 1.29 is 14.3 Å². The van der Waals surface area contributed by atoms with Gasteiger partial charge in [-0.15, -0.1) is 11.3 Å². The first-order valence-corrected chi connectivity index (χ1v) is 11.3. The minimum absolute atomic E-state index is 0.134. The summed E-state index contributed by atoms with van der Waals surface area (Å²) in [6.07, 6.45) is 5.50. The summed E-state index contributed by atoms with van der Waals surface area (Å²) in [6.45, 7) is 5.31. The molecule has 2 aromatic rings. The Hall–Kier alpha value is -2.12. The minimum atomic E-state index is 0.134. The van der Waals surface area contributed by atoms with Gasteiger partial charge in [0.15, 0.2) is 0 Å². The van der Waals surface area contributed by atoms with Crippen LogP contribution in [0.3, 0.4) is 0 Å². The minimum Gasteiger partial charge on any atom is -0.497 e. The van der Waals surface area contributed by atoms with E-state index in [1.165, 1.54) is 0 Å². The second-order valence-corrected chi connectivity index (χ2v) is 8.65. The standard InChI is InChI=1S/C22H29N3O3S/c1-3-17-15-24(14-16-13-18(27-2)6-7-20(16)28-17)11-8-21(26)25-10-4-5-19(25)22-23-9-12-29-22/h6-7,9,12-13,17,19H,3-5,8,10-11,14-15H2,1-2H3/t17-,19+/m0/s1. The fraction of sp³-hybridized carbons (Fsp3) is 0.545. The second kappa shape index (κ2) is 9.13. The van der Waals surface area contributed by atoms with E-state index in [-0.39, 0.29) is 18.1 Å². The predicted molar refractivity (Wildman–Crippen MR) is 113 cm³/mol. The summed E-state index contributed by atoms with van der Waals surface area (Å²) in [4.78, 5) is 21.8. The van der Waals surface area contributed by atoms with Crippen molar-refractivity contribution in [3.05, 3.63) is 40.3 Å². The van der Waals surface area contributed by atoms with E-state index in [1.807, 2.05) is 34.7 Å². The first kappa shape index (κ1) is 20.2. The van der Waals surface area contributed by atoms with Gasteiger partial charge in [0.05, 0.1) is 13.2 Å². The molecule has 0 aliphatic carbocycles. The molecule has 2 aliphatic heterocycles. The van der Waals surface area contributed by atoms with Gasteiger partial charge in [-0.25, -0.2) is 4.98 Å². The Bertz CT molecular complexity index is 827. The number of nitrogens with zero attached hydrogens (tertiary/aromatic N) is 3. The molecule has 1 amide bonds. The molecule has 6 nitrogen and oxygen atoms in total. The average molecular weight is 416 g/mol. The highest BCUT2D eigenvalue weighted by atomic mass is 32.1. The zero-order valence-corrected chi connectivity index (χ0v) is 18.0. The number of rotatable bonds is 6. The van der Waals surface area contributed by atoms with Crippen LogP contribution in [0.25, 0.3) is 0 Å². The topological polar surface area (TPSA) is 54.9 Å². The maximum absolute atomic E-state index is 13.0. The average Bonchev–Trinajstić information content (AvgIpc) is 3.40. The lowest BCUT2D eigenvalue weighted by Crippen LogP contribution is -2.37. The molecule has 1 aromatic heterocycles. The Morgan fingerprint density at radius 3 is 3.07 bits per heavy atom. The first-order chi connectivity index (χ1) is 14.2. The zero-order chi connectivity index (χ0) is 20.2. The molecule has 4 rings (SSSR count). The van der Waals surface area contributed by atoms with Crippen molar-refractivity contribution in [2.24, 2.45) is 0 Å². The highest BCUT2D eigenvalue weighted by Gasteiger charge is 2.32. The third-order valence-corrected chi connectivity index (χ3v) is 6.70. The molecule has 0 unspecified atom stereocenters. The van der Waals surface area contributed by atoms with Crippen LogP contribution >= 0.6 is 11.3 Å². The lowest BCUT2D eigenvalue weighted by atomic mass is 10.1. The van der Waals surface area contributed by atoms with Crippen LogP contribution in [0.5, 0.6) is 11.5 Å². The van der Waals surface area contributed by atoms with Gasteiger partial charge in [-0.1, -0.05) is 6.92 Å². The normalized spacial score (nSPS) is 22.1. The van der Waals surface area contributed by atoms with E-state index in [4.69, 9.17) is 9.47 Å². The molecule has 3 heterocycles. The van der Waals surface area contributed by atoms with Crippen LogP contribution in [0.15, 0.2) is 29.8 Å². The summed E-state index contributed by atoms with van der Waals surface area (Å²) in [6, 6.07) is 6.13. The summed E-state index contributed by atoms with van der Waals surface area (Å²) in [7, 11) is 1.68. The third-order valence-electron chi connectivity index (χ3n) is 5.82. The van der Waals surface area contributed by atoms with Gasteiger partial charge in [0.2, 0.25) is 5.91 Å². The summed E-state index contributed by atoms with van der Waals surface area (Å²) >= 11 is 1.65. The van der Waals surface area contributed by atoms with Crippen LogP contribution in [0.1, 0.15) is 49.2 Å². The molecule has 0 saturated carbocycles. The van der Waals surface area contributed by atoms with E-state index < -0.39 is 0 Å². The van der Waals surface area contributed by atoms with Crippen molar-refractivity contribution in [1.82, 2.24) is 14.8 Å². The lowest BCUT2D eigenvalue weighted by molar-refractivity contribution is -0.132. The third kappa shape index (κ3) is 4.56. The second-order valence-electron chi connectivity index (χ2n) is 7.72. The van der Waals surface area contributed by atoms with Gasteiger partial charge in [0, 0.05) is 49.7 Å². The van der Waals surface area contributed by atoms with Gasteiger partial charge in [0.25, 0.3) is 0 Å². The number of hydrogen-bond acceptors (Lipinski definition) is 6. The molecule has 156 valence electrons. The van der Waals surface area contributed by atoms with E-state index in [1.54, 1.807) is 18.4 Å². The van der Waals surface area contributed by atoms with Crippen molar-refractivity contribution in [1.29, 1.82) is 0 Å². The number of benzene rings is 1. The lowest BCUT2D eigenvalue weighted by Gasteiger charge is -2.26. The summed E-state index contributed by atoms with van der Waals surface area (Å²) in [5.41, 5.74) is 1.12. The van der Waals surface area contributed by atoms with Crippen LogP contribution in [-0.2, 0) is 11.3 Å². The Morgan fingerprint density at radius 1 is 1.41 bits per heavy atom. The first-order valence-electron chi connectivity index (χ1n) is 10.4. The van der Waals surface area contributed by atoms with E-state index in [2.05, 4.69) is 16.8 Å². The number of ether oxygens (including phenoxy) is 2. The summed E-state index contributed by atoms with van der Waals surface area (Å²) in [5.74, 6) is 1.99. The number of aromatic nitrogens is 1. The van der Waals surface area contributed by atoms with Crippen molar-refractivity contribution >= 4 is 17.2 Å². The predicted octanol–water partition coefficient (Wildman–Crippen LogP) is 3.88. The molecular weight excluding hydrogens is 386 g/mol. The largest absolute Gasteiger partial charge is 0.497 e. The van der Waals surface area contributed by atoms with Gasteiger partial charge in [-0.3, -0.25) is 9.69 Å². The van der Waals surface area contributed by atoms with E-state index >= 15 is 0 Å². The number of likely N-dealkylation sites (tertiary alicyclic amines) is 1. The number of hydrogen-bond donors (Lipinski definition) is 0. The Labute approximate surface area is 176 Å². The Kier molecular flexibility index (Phi) is 6.35. The van der Waals surface area contributed by atoms with E-state index in [9.17, 15) is 4.79 Å². The number of carbonyl (C=O) groups excluding carboxylic acids is 1.